The molecular formula is C32H38F2N2O3. The Bertz CT molecular complexity index is 1240. The summed E-state index contributed by atoms with van der Waals surface area (Å²) in [5.74, 6) is -2.13. The van der Waals surface area contributed by atoms with Gasteiger partial charge in [0.05, 0.1) is 5.56 Å². The van der Waals surface area contributed by atoms with Crippen LogP contribution in [-0.2, 0) is 24.1 Å². The van der Waals surface area contributed by atoms with Gasteiger partial charge in [-0.3, -0.25) is 4.79 Å². The number of benzene rings is 3. The molecule has 2 atom stereocenters. The quantitative estimate of drug-likeness (QED) is 0.194. The smallest absolute Gasteiger partial charge is 0.338 e. The molecule has 208 valence electrons. The maximum absolute atomic E-state index is 13.8. The molecule has 0 fully saturated rings. The van der Waals surface area contributed by atoms with Crippen molar-refractivity contribution >= 4 is 11.8 Å². The fourth-order valence-corrected chi connectivity index (χ4v) is 4.63. The second-order valence-corrected chi connectivity index (χ2v) is 9.85. The van der Waals surface area contributed by atoms with E-state index in [9.17, 15) is 18.4 Å². The summed E-state index contributed by atoms with van der Waals surface area (Å²) in [4.78, 5) is 26.0. The van der Waals surface area contributed by atoms with Gasteiger partial charge in [-0.25, -0.2) is 13.6 Å². The van der Waals surface area contributed by atoms with Crippen LogP contribution in [-0.4, -0.2) is 30.4 Å². The van der Waals surface area contributed by atoms with Gasteiger partial charge in [-0.1, -0.05) is 57.2 Å². The Balaban J connectivity index is 1.77. The average molecular weight is 537 g/mol. The molecule has 3 N–H and O–H groups in total. The first-order valence-electron chi connectivity index (χ1n) is 13.6. The van der Waals surface area contributed by atoms with Crippen molar-refractivity contribution in [3.8, 4) is 0 Å². The van der Waals surface area contributed by atoms with E-state index in [1.807, 2.05) is 26.0 Å². The SMILES string of the molecule is CCc1cccc(CNC[C@@H](OC(=O)c2cccc(C(=O)C(CC)CC)c2)[C@@H](N)Cc2cc(F)cc(F)c2)c1. The minimum absolute atomic E-state index is 0.00740. The summed E-state index contributed by atoms with van der Waals surface area (Å²) >= 11 is 0. The van der Waals surface area contributed by atoms with E-state index < -0.39 is 29.7 Å². The second-order valence-electron chi connectivity index (χ2n) is 9.85. The van der Waals surface area contributed by atoms with Crippen LogP contribution in [0.25, 0.3) is 0 Å². The topological polar surface area (TPSA) is 81.4 Å². The number of nitrogens with one attached hydrogen (secondary N) is 1. The van der Waals surface area contributed by atoms with E-state index in [1.54, 1.807) is 24.3 Å². The van der Waals surface area contributed by atoms with Crippen LogP contribution in [0.4, 0.5) is 8.78 Å². The van der Waals surface area contributed by atoms with Crippen LogP contribution in [0.5, 0.6) is 0 Å². The van der Waals surface area contributed by atoms with E-state index >= 15 is 0 Å². The minimum Gasteiger partial charge on any atom is -0.456 e. The number of hydrogen-bond acceptors (Lipinski definition) is 5. The molecular weight excluding hydrogens is 498 g/mol. The number of esters is 1. The number of hydrogen-bond donors (Lipinski definition) is 2. The van der Waals surface area contributed by atoms with E-state index in [4.69, 9.17) is 10.5 Å². The van der Waals surface area contributed by atoms with Crippen LogP contribution in [0.15, 0.2) is 66.7 Å². The highest BCUT2D eigenvalue weighted by Crippen LogP contribution is 2.19. The van der Waals surface area contributed by atoms with Crippen LogP contribution >= 0.6 is 0 Å². The second kappa shape index (κ2) is 14.7. The summed E-state index contributed by atoms with van der Waals surface area (Å²) in [7, 11) is 0. The van der Waals surface area contributed by atoms with Gasteiger partial charge in [0.2, 0.25) is 0 Å². The molecule has 0 radical (unpaired) electrons. The fraction of sp³-hybridized carbons (Fsp3) is 0.375. The van der Waals surface area contributed by atoms with E-state index in [0.717, 1.165) is 18.1 Å². The number of carbonyl (C=O) groups excluding carboxylic acids is 2. The summed E-state index contributed by atoms with van der Waals surface area (Å²) in [6, 6.07) is 17.2. The molecule has 3 aromatic carbocycles. The van der Waals surface area contributed by atoms with Gasteiger partial charge in [0.25, 0.3) is 0 Å². The first-order chi connectivity index (χ1) is 18.7. The third kappa shape index (κ3) is 8.80. The number of ether oxygens (including phenoxy) is 1. The molecule has 0 aliphatic rings. The van der Waals surface area contributed by atoms with E-state index in [2.05, 4.69) is 24.4 Å². The Labute approximate surface area is 229 Å². The van der Waals surface area contributed by atoms with E-state index in [-0.39, 0.29) is 30.2 Å². The lowest BCUT2D eigenvalue weighted by Gasteiger charge is -2.25. The third-order valence-electron chi connectivity index (χ3n) is 6.94. The van der Waals surface area contributed by atoms with Gasteiger partial charge in [-0.15, -0.1) is 0 Å². The molecule has 0 spiro atoms. The van der Waals surface area contributed by atoms with Crippen molar-refractivity contribution < 1.29 is 23.1 Å². The standard InChI is InChI=1S/C32H38F2N2O3/c1-4-21-9-7-10-22(13-21)19-36-20-30(29(35)16-23-14-27(33)18-28(34)15-23)39-32(38)26-12-8-11-25(17-26)31(37)24(5-2)6-3/h7-15,17-18,24,29-30,36H,4-6,16,19-20,35H2,1-3H3/t29-,30+/m0/s1. The molecule has 0 saturated carbocycles. The summed E-state index contributed by atoms with van der Waals surface area (Å²) in [6.07, 6.45) is 1.66. The van der Waals surface area contributed by atoms with Crippen LogP contribution in [0.3, 0.4) is 0 Å². The highest BCUT2D eigenvalue weighted by atomic mass is 19.1. The number of aryl methyl sites for hydroxylation is 1. The number of rotatable bonds is 14. The van der Waals surface area contributed by atoms with Crippen molar-refractivity contribution in [3.63, 3.8) is 0 Å². The number of ketones is 1. The minimum atomic E-state index is -0.795. The third-order valence-corrected chi connectivity index (χ3v) is 6.94. The summed E-state index contributed by atoms with van der Waals surface area (Å²) in [6.45, 7) is 6.78. The first kappa shape index (κ1) is 30.1. The van der Waals surface area contributed by atoms with Crippen molar-refractivity contribution in [2.24, 2.45) is 11.7 Å². The van der Waals surface area contributed by atoms with Crippen molar-refractivity contribution in [2.75, 3.05) is 6.54 Å². The van der Waals surface area contributed by atoms with Crippen LogP contribution < -0.4 is 11.1 Å². The zero-order valence-corrected chi connectivity index (χ0v) is 22.9. The van der Waals surface area contributed by atoms with Crippen molar-refractivity contribution in [2.45, 2.75) is 65.1 Å². The highest BCUT2D eigenvalue weighted by molar-refractivity contribution is 6.00. The first-order valence-corrected chi connectivity index (χ1v) is 13.6. The predicted octanol–water partition coefficient (Wildman–Crippen LogP) is 6.03. The molecule has 0 aromatic heterocycles. The lowest BCUT2D eigenvalue weighted by Crippen LogP contribution is -2.46. The normalized spacial score (nSPS) is 12.8. The van der Waals surface area contributed by atoms with Gasteiger partial charge in [0, 0.05) is 36.7 Å². The van der Waals surface area contributed by atoms with Crippen LogP contribution in [0.2, 0.25) is 0 Å². The maximum Gasteiger partial charge on any atom is 0.338 e. The summed E-state index contributed by atoms with van der Waals surface area (Å²) < 4.78 is 33.4. The Hall–Kier alpha value is -3.42. The van der Waals surface area contributed by atoms with Crippen LogP contribution in [0.1, 0.15) is 71.0 Å². The number of halogens is 2. The average Bonchev–Trinajstić information content (AvgIpc) is 2.92. The number of carbonyl (C=O) groups is 2. The van der Waals surface area contributed by atoms with Crippen LogP contribution in [0, 0.1) is 17.6 Å². The highest BCUT2D eigenvalue weighted by Gasteiger charge is 2.25. The van der Waals surface area contributed by atoms with Gasteiger partial charge < -0.3 is 15.8 Å². The van der Waals surface area contributed by atoms with Crippen molar-refractivity contribution in [1.29, 1.82) is 0 Å². The lowest BCUT2D eigenvalue weighted by molar-refractivity contribution is 0.0238. The molecule has 39 heavy (non-hydrogen) atoms. The summed E-state index contributed by atoms with van der Waals surface area (Å²) in [5, 5.41) is 3.30. The molecule has 0 bridgehead atoms. The maximum atomic E-state index is 13.8. The van der Waals surface area contributed by atoms with Gasteiger partial charge in [-0.2, -0.15) is 0 Å². The van der Waals surface area contributed by atoms with E-state index in [1.165, 1.54) is 17.7 Å². The Morgan fingerprint density at radius 3 is 2.15 bits per heavy atom. The molecule has 3 rings (SSSR count). The Kier molecular flexibility index (Phi) is 11.3. The zero-order valence-electron chi connectivity index (χ0n) is 22.9. The molecule has 0 heterocycles. The van der Waals surface area contributed by atoms with Gasteiger partial charge >= 0.3 is 5.97 Å². The molecule has 3 aromatic rings. The lowest BCUT2D eigenvalue weighted by atomic mass is 9.92. The zero-order chi connectivity index (χ0) is 28.4. The van der Waals surface area contributed by atoms with Gasteiger partial charge in [0.1, 0.15) is 17.7 Å². The molecule has 0 saturated heterocycles. The van der Waals surface area contributed by atoms with E-state index in [0.29, 0.717) is 30.5 Å². The number of Topliss-reactive ketones (excluding diaryl/α,β-unsaturated/α-hetero) is 1. The number of nitrogens with two attached hydrogens (primary N) is 1. The largest absolute Gasteiger partial charge is 0.456 e. The van der Waals surface area contributed by atoms with Crippen molar-refractivity contribution in [1.82, 2.24) is 5.32 Å². The monoisotopic (exact) mass is 536 g/mol. The predicted molar refractivity (Wildman–Crippen MR) is 150 cm³/mol. The molecule has 0 aliphatic heterocycles. The Morgan fingerprint density at radius 2 is 1.49 bits per heavy atom. The molecule has 0 unspecified atom stereocenters. The van der Waals surface area contributed by atoms with Gasteiger partial charge in [0.15, 0.2) is 5.78 Å². The molecule has 0 aliphatic carbocycles. The fourth-order valence-electron chi connectivity index (χ4n) is 4.63. The molecule has 0 amide bonds. The molecule has 7 heteroatoms. The van der Waals surface area contributed by atoms with Gasteiger partial charge in [-0.05, 0) is 66.6 Å². The molecule has 5 nitrogen and oxygen atoms in total. The summed E-state index contributed by atoms with van der Waals surface area (Å²) in [5.41, 5.74) is 9.81. The Morgan fingerprint density at radius 1 is 0.846 bits per heavy atom. The van der Waals surface area contributed by atoms with Crippen molar-refractivity contribution in [3.05, 3.63) is 106 Å².